The number of pyridine rings is 1. The van der Waals surface area contributed by atoms with Crippen molar-refractivity contribution in [2.75, 3.05) is 0 Å². The average molecular weight is 381 g/mol. The molecule has 5 rings (SSSR count). The van der Waals surface area contributed by atoms with Gasteiger partial charge in [-0.15, -0.1) is 0 Å². The van der Waals surface area contributed by atoms with Gasteiger partial charge in [0, 0.05) is 22.9 Å². The number of aromatic nitrogens is 1. The molecule has 1 fully saturated rings. The van der Waals surface area contributed by atoms with Crippen molar-refractivity contribution in [2.45, 2.75) is 44.9 Å². The standard InChI is InChI=1S/C26H25N2O/c1-17-11-13-21-24-19(16-27)12-14-20(18-8-4-3-5-9-18)25(24)29-26(21)23(17)22-10-6-7-15-28(22)2/h6-7,10-15,18H,3-5,8-9H2,1-2H3/q+1. The average Bonchev–Trinajstić information content (AvgIpc) is 3.14. The molecule has 29 heavy (non-hydrogen) atoms. The summed E-state index contributed by atoms with van der Waals surface area (Å²) in [6, 6.07) is 17.0. The minimum Gasteiger partial charge on any atom is -0.455 e. The molecule has 0 N–H and O–H groups in total. The minimum absolute atomic E-state index is 0.525. The van der Waals surface area contributed by atoms with E-state index in [9.17, 15) is 5.26 Å². The number of rotatable bonds is 2. The summed E-state index contributed by atoms with van der Waals surface area (Å²) in [6.45, 7) is 2.13. The first kappa shape index (κ1) is 17.9. The van der Waals surface area contributed by atoms with Crippen molar-refractivity contribution in [3.63, 3.8) is 0 Å². The summed E-state index contributed by atoms with van der Waals surface area (Å²) >= 11 is 0. The van der Waals surface area contributed by atoms with Gasteiger partial charge in [-0.2, -0.15) is 5.26 Å². The van der Waals surface area contributed by atoms with Crippen molar-refractivity contribution in [2.24, 2.45) is 7.05 Å². The number of fused-ring (bicyclic) bond motifs is 3. The van der Waals surface area contributed by atoms with Gasteiger partial charge in [0.05, 0.1) is 17.2 Å². The van der Waals surface area contributed by atoms with Crippen LogP contribution in [0.5, 0.6) is 0 Å². The quantitative estimate of drug-likeness (QED) is 0.382. The smallest absolute Gasteiger partial charge is 0.216 e. The molecule has 0 unspecified atom stereocenters. The first-order valence-electron chi connectivity index (χ1n) is 10.5. The summed E-state index contributed by atoms with van der Waals surface area (Å²) < 4.78 is 8.76. The molecule has 0 atom stereocenters. The maximum atomic E-state index is 9.80. The molecule has 2 heterocycles. The zero-order chi connectivity index (χ0) is 20.0. The van der Waals surface area contributed by atoms with Gasteiger partial charge in [-0.25, -0.2) is 4.57 Å². The Morgan fingerprint density at radius 2 is 1.83 bits per heavy atom. The molecule has 0 saturated heterocycles. The van der Waals surface area contributed by atoms with E-state index >= 15 is 0 Å². The van der Waals surface area contributed by atoms with E-state index in [0.29, 0.717) is 11.5 Å². The van der Waals surface area contributed by atoms with Crippen LogP contribution in [0.15, 0.2) is 53.1 Å². The van der Waals surface area contributed by atoms with Crippen LogP contribution in [0.1, 0.15) is 54.7 Å². The number of aryl methyl sites for hydroxylation is 2. The van der Waals surface area contributed by atoms with Crippen molar-refractivity contribution < 1.29 is 8.98 Å². The fourth-order valence-corrected chi connectivity index (χ4v) is 4.99. The zero-order valence-electron chi connectivity index (χ0n) is 17.0. The highest BCUT2D eigenvalue weighted by molar-refractivity contribution is 6.12. The van der Waals surface area contributed by atoms with Crippen LogP contribution in [0.25, 0.3) is 33.2 Å². The maximum Gasteiger partial charge on any atom is 0.216 e. The molecule has 2 aromatic heterocycles. The molecule has 2 aromatic carbocycles. The Bertz CT molecular complexity index is 1270. The predicted octanol–water partition coefficient (Wildman–Crippen LogP) is 6.31. The first-order chi connectivity index (χ1) is 14.2. The summed E-state index contributed by atoms with van der Waals surface area (Å²) in [6.07, 6.45) is 8.34. The van der Waals surface area contributed by atoms with E-state index in [1.165, 1.54) is 43.2 Å². The molecule has 0 bridgehead atoms. The van der Waals surface area contributed by atoms with Gasteiger partial charge in [-0.3, -0.25) is 0 Å². The van der Waals surface area contributed by atoms with Crippen molar-refractivity contribution in [3.05, 3.63) is 65.4 Å². The lowest BCUT2D eigenvalue weighted by Gasteiger charge is -2.22. The van der Waals surface area contributed by atoms with E-state index in [1.54, 1.807) is 0 Å². The first-order valence-corrected chi connectivity index (χ1v) is 10.5. The second-order valence-corrected chi connectivity index (χ2v) is 8.29. The largest absolute Gasteiger partial charge is 0.455 e. The van der Waals surface area contributed by atoms with Crippen molar-refractivity contribution >= 4 is 21.9 Å². The summed E-state index contributed by atoms with van der Waals surface area (Å²) in [7, 11) is 2.06. The van der Waals surface area contributed by atoms with Crippen LogP contribution in [0.2, 0.25) is 0 Å². The highest BCUT2D eigenvalue weighted by Gasteiger charge is 2.25. The molecule has 0 aliphatic heterocycles. The number of nitriles is 1. The molecule has 144 valence electrons. The molecule has 0 radical (unpaired) electrons. The highest BCUT2D eigenvalue weighted by atomic mass is 16.3. The SMILES string of the molecule is Cc1ccc2c(oc3c(C4CCCCC4)ccc(C#N)c32)c1-c1cccc[n+]1C. The minimum atomic E-state index is 0.525. The highest BCUT2D eigenvalue weighted by Crippen LogP contribution is 2.43. The van der Waals surface area contributed by atoms with Gasteiger partial charge in [-0.1, -0.05) is 37.5 Å². The lowest BCUT2D eigenvalue weighted by molar-refractivity contribution is -0.660. The summed E-state index contributed by atoms with van der Waals surface area (Å²) in [5.74, 6) is 0.525. The topological polar surface area (TPSA) is 40.8 Å². The van der Waals surface area contributed by atoms with Crippen LogP contribution in [-0.4, -0.2) is 0 Å². The van der Waals surface area contributed by atoms with Gasteiger partial charge < -0.3 is 4.42 Å². The monoisotopic (exact) mass is 381 g/mol. The Kier molecular flexibility index (Phi) is 4.36. The summed E-state index contributed by atoms with van der Waals surface area (Å²) in [5.41, 5.74) is 7.18. The molecule has 3 nitrogen and oxygen atoms in total. The predicted molar refractivity (Wildman–Crippen MR) is 116 cm³/mol. The van der Waals surface area contributed by atoms with Crippen LogP contribution in [0.4, 0.5) is 0 Å². The van der Waals surface area contributed by atoms with Crippen LogP contribution in [0, 0.1) is 18.3 Å². The van der Waals surface area contributed by atoms with E-state index in [2.05, 4.69) is 61.1 Å². The lowest BCUT2D eigenvalue weighted by Crippen LogP contribution is -2.30. The molecule has 4 aromatic rings. The normalized spacial score (nSPS) is 15.1. The van der Waals surface area contributed by atoms with Crippen molar-refractivity contribution in [1.82, 2.24) is 0 Å². The van der Waals surface area contributed by atoms with Gasteiger partial charge >= 0.3 is 0 Å². The number of furan rings is 1. The van der Waals surface area contributed by atoms with Gasteiger partial charge in [0.15, 0.2) is 6.20 Å². The van der Waals surface area contributed by atoms with Crippen LogP contribution in [-0.2, 0) is 7.05 Å². The summed E-state index contributed by atoms with van der Waals surface area (Å²) in [4.78, 5) is 0. The molecular formula is C26H25N2O+. The zero-order valence-corrected chi connectivity index (χ0v) is 17.0. The number of hydrogen-bond donors (Lipinski definition) is 0. The molecule has 1 aliphatic rings. The van der Waals surface area contributed by atoms with Crippen LogP contribution >= 0.6 is 0 Å². The van der Waals surface area contributed by atoms with Crippen LogP contribution < -0.4 is 4.57 Å². The molecule has 0 amide bonds. The lowest BCUT2D eigenvalue weighted by atomic mass is 9.83. The molecule has 3 heteroatoms. The molecule has 1 aliphatic carbocycles. The van der Waals surface area contributed by atoms with E-state index in [4.69, 9.17) is 4.42 Å². The van der Waals surface area contributed by atoms with E-state index < -0.39 is 0 Å². The fourth-order valence-electron chi connectivity index (χ4n) is 4.99. The van der Waals surface area contributed by atoms with E-state index in [0.717, 1.165) is 33.2 Å². The van der Waals surface area contributed by atoms with Crippen molar-refractivity contribution in [3.8, 4) is 17.3 Å². The Balaban J connectivity index is 1.87. The van der Waals surface area contributed by atoms with Gasteiger partial charge in [0.1, 0.15) is 18.2 Å². The van der Waals surface area contributed by atoms with Gasteiger partial charge in [-0.05, 0) is 48.9 Å². The second kappa shape index (κ2) is 7.04. The van der Waals surface area contributed by atoms with Crippen LogP contribution in [0.3, 0.4) is 0 Å². The molecule has 0 spiro atoms. The van der Waals surface area contributed by atoms with Gasteiger partial charge in [0.2, 0.25) is 5.69 Å². The number of nitrogens with zero attached hydrogens (tertiary/aromatic N) is 2. The third-order valence-corrected chi connectivity index (χ3v) is 6.50. The van der Waals surface area contributed by atoms with Crippen molar-refractivity contribution in [1.29, 1.82) is 5.26 Å². The summed E-state index contributed by atoms with van der Waals surface area (Å²) in [5, 5.41) is 11.8. The second-order valence-electron chi connectivity index (χ2n) is 8.29. The number of hydrogen-bond acceptors (Lipinski definition) is 2. The Morgan fingerprint density at radius 3 is 2.59 bits per heavy atom. The van der Waals surface area contributed by atoms with E-state index in [-0.39, 0.29) is 0 Å². The van der Waals surface area contributed by atoms with E-state index in [1.807, 2.05) is 12.1 Å². The third-order valence-electron chi connectivity index (χ3n) is 6.50. The number of benzene rings is 2. The Labute approximate surface area is 171 Å². The Hall–Kier alpha value is -3.12. The Morgan fingerprint density at radius 1 is 1.00 bits per heavy atom. The molecular weight excluding hydrogens is 356 g/mol. The fraction of sp³-hybridized carbons (Fsp3) is 0.308. The maximum absolute atomic E-state index is 9.80. The van der Waals surface area contributed by atoms with Gasteiger partial charge in [0.25, 0.3) is 0 Å². The third kappa shape index (κ3) is 2.83. The molecule has 1 saturated carbocycles.